The van der Waals surface area contributed by atoms with Crippen molar-refractivity contribution in [3.8, 4) is 5.75 Å². The van der Waals surface area contributed by atoms with Gasteiger partial charge in [-0.1, -0.05) is 17.7 Å². The first kappa shape index (κ1) is 14.8. The van der Waals surface area contributed by atoms with Crippen molar-refractivity contribution in [2.45, 2.75) is 19.4 Å². The largest absolute Gasteiger partial charge is 0.489 e. The number of amides is 1. The molecule has 1 rings (SSSR count). The Morgan fingerprint density at radius 3 is 2.94 bits per heavy atom. The predicted octanol–water partition coefficient (Wildman–Crippen LogP) is 1.83. The summed E-state index contributed by atoms with van der Waals surface area (Å²) in [6.45, 7) is 3.06. The predicted molar refractivity (Wildman–Crippen MR) is 73.1 cm³/mol. The van der Waals surface area contributed by atoms with E-state index in [1.807, 2.05) is 26.1 Å². The number of ether oxygens (including phenoxy) is 1. The van der Waals surface area contributed by atoms with E-state index >= 15 is 0 Å². The first-order chi connectivity index (χ1) is 8.61. The van der Waals surface area contributed by atoms with Gasteiger partial charge in [-0.2, -0.15) is 0 Å². The average molecular weight is 271 g/mol. The molecule has 0 radical (unpaired) electrons. The lowest BCUT2D eigenvalue weighted by Crippen LogP contribution is -2.34. The van der Waals surface area contributed by atoms with Gasteiger partial charge in [0.2, 0.25) is 5.91 Å². The van der Waals surface area contributed by atoms with Crippen molar-refractivity contribution in [2.24, 2.45) is 0 Å². The van der Waals surface area contributed by atoms with Crippen molar-refractivity contribution in [1.82, 2.24) is 10.6 Å². The molecule has 0 fully saturated rings. The van der Waals surface area contributed by atoms with Crippen LogP contribution < -0.4 is 15.4 Å². The van der Waals surface area contributed by atoms with Crippen LogP contribution in [0.1, 0.15) is 13.3 Å². The van der Waals surface area contributed by atoms with Gasteiger partial charge in [-0.3, -0.25) is 4.79 Å². The second-order valence-electron chi connectivity index (χ2n) is 4.04. The number of hydrogen-bond acceptors (Lipinski definition) is 3. The minimum absolute atomic E-state index is 0.0193. The lowest BCUT2D eigenvalue weighted by Gasteiger charge is -2.15. The molecule has 1 atom stereocenters. The maximum absolute atomic E-state index is 11.4. The second-order valence-corrected chi connectivity index (χ2v) is 4.48. The van der Waals surface area contributed by atoms with Crippen molar-refractivity contribution in [3.63, 3.8) is 0 Å². The number of carbonyl (C=O) groups is 1. The van der Waals surface area contributed by atoms with E-state index in [1.54, 1.807) is 12.1 Å². The van der Waals surface area contributed by atoms with Gasteiger partial charge in [0.25, 0.3) is 0 Å². The van der Waals surface area contributed by atoms with Crippen molar-refractivity contribution in [3.05, 3.63) is 29.3 Å². The third kappa shape index (κ3) is 5.89. The molecule has 0 saturated heterocycles. The molecule has 0 spiro atoms. The molecule has 0 heterocycles. The maximum Gasteiger partial charge on any atom is 0.221 e. The molecule has 0 aliphatic rings. The fraction of sp³-hybridized carbons (Fsp3) is 0.462. The summed E-state index contributed by atoms with van der Waals surface area (Å²) in [7, 11) is 1.82. The zero-order valence-corrected chi connectivity index (χ0v) is 11.5. The standard InChI is InChI=1S/C13H19ClN2O2/c1-10(9-16-13(17)6-7-15-2)18-12-5-3-4-11(14)8-12/h3-5,8,10,15H,6-7,9H2,1-2H3,(H,16,17). The van der Waals surface area contributed by atoms with E-state index in [0.717, 1.165) is 0 Å². The number of nitrogens with one attached hydrogen (secondary N) is 2. The van der Waals surface area contributed by atoms with Gasteiger partial charge in [-0.05, 0) is 32.2 Å². The highest BCUT2D eigenvalue weighted by molar-refractivity contribution is 6.30. The summed E-state index contributed by atoms with van der Waals surface area (Å²) in [5, 5.41) is 6.38. The molecule has 0 saturated carbocycles. The summed E-state index contributed by atoms with van der Waals surface area (Å²) < 4.78 is 5.64. The molecule has 1 aromatic rings. The highest BCUT2D eigenvalue weighted by atomic mass is 35.5. The van der Waals surface area contributed by atoms with E-state index in [1.165, 1.54) is 0 Å². The third-order valence-electron chi connectivity index (χ3n) is 2.32. The Balaban J connectivity index is 2.29. The minimum Gasteiger partial charge on any atom is -0.489 e. The highest BCUT2D eigenvalue weighted by Gasteiger charge is 2.06. The van der Waals surface area contributed by atoms with E-state index in [9.17, 15) is 4.79 Å². The van der Waals surface area contributed by atoms with Crippen LogP contribution in [0.2, 0.25) is 5.02 Å². The van der Waals surface area contributed by atoms with Gasteiger partial charge in [-0.25, -0.2) is 0 Å². The van der Waals surface area contributed by atoms with Gasteiger partial charge in [-0.15, -0.1) is 0 Å². The summed E-state index contributed by atoms with van der Waals surface area (Å²) in [4.78, 5) is 11.4. The first-order valence-corrected chi connectivity index (χ1v) is 6.33. The van der Waals surface area contributed by atoms with Crippen LogP contribution in [0.15, 0.2) is 24.3 Å². The quantitative estimate of drug-likeness (QED) is 0.795. The van der Waals surface area contributed by atoms with Crippen LogP contribution in [0, 0.1) is 0 Å². The fourth-order valence-corrected chi connectivity index (χ4v) is 1.58. The lowest BCUT2D eigenvalue weighted by atomic mass is 10.3. The number of carbonyl (C=O) groups excluding carboxylic acids is 1. The number of benzene rings is 1. The fourth-order valence-electron chi connectivity index (χ4n) is 1.40. The molecule has 18 heavy (non-hydrogen) atoms. The number of halogens is 1. The van der Waals surface area contributed by atoms with E-state index in [4.69, 9.17) is 16.3 Å². The van der Waals surface area contributed by atoms with Crippen LogP contribution in [-0.4, -0.2) is 32.1 Å². The molecule has 2 N–H and O–H groups in total. The van der Waals surface area contributed by atoms with Crippen LogP contribution >= 0.6 is 11.6 Å². The van der Waals surface area contributed by atoms with Gasteiger partial charge in [0.15, 0.2) is 0 Å². The molecule has 100 valence electrons. The van der Waals surface area contributed by atoms with Crippen LogP contribution in [0.5, 0.6) is 5.75 Å². The number of hydrogen-bond donors (Lipinski definition) is 2. The summed E-state index contributed by atoms with van der Waals surface area (Å²) in [5.41, 5.74) is 0. The SMILES string of the molecule is CNCCC(=O)NCC(C)Oc1cccc(Cl)c1. The molecule has 1 aromatic carbocycles. The summed E-state index contributed by atoms with van der Waals surface area (Å²) in [6, 6.07) is 7.21. The first-order valence-electron chi connectivity index (χ1n) is 5.95. The average Bonchev–Trinajstić information content (AvgIpc) is 2.34. The maximum atomic E-state index is 11.4. The molecule has 0 aromatic heterocycles. The van der Waals surface area contributed by atoms with Gasteiger partial charge >= 0.3 is 0 Å². The Hall–Kier alpha value is -1.26. The summed E-state index contributed by atoms with van der Waals surface area (Å²) >= 11 is 5.86. The molecule has 0 aliphatic carbocycles. The van der Waals surface area contributed by atoms with E-state index in [0.29, 0.717) is 30.3 Å². The Labute approximate surface area is 113 Å². The molecule has 5 heteroatoms. The third-order valence-corrected chi connectivity index (χ3v) is 2.56. The van der Waals surface area contributed by atoms with Crippen LogP contribution in [-0.2, 0) is 4.79 Å². The Kier molecular flexibility index (Phi) is 6.54. The second kappa shape index (κ2) is 7.95. The van der Waals surface area contributed by atoms with Crippen LogP contribution in [0.25, 0.3) is 0 Å². The van der Waals surface area contributed by atoms with E-state index in [2.05, 4.69) is 10.6 Å². The van der Waals surface area contributed by atoms with E-state index in [-0.39, 0.29) is 12.0 Å². The van der Waals surface area contributed by atoms with Crippen molar-refractivity contribution in [1.29, 1.82) is 0 Å². The Bertz CT molecular complexity index is 385. The van der Waals surface area contributed by atoms with Gasteiger partial charge in [0.05, 0.1) is 6.54 Å². The zero-order valence-electron chi connectivity index (χ0n) is 10.7. The topological polar surface area (TPSA) is 50.4 Å². The van der Waals surface area contributed by atoms with E-state index < -0.39 is 0 Å². The molecule has 1 unspecified atom stereocenters. The lowest BCUT2D eigenvalue weighted by molar-refractivity contribution is -0.121. The van der Waals surface area contributed by atoms with Crippen molar-refractivity contribution in [2.75, 3.05) is 20.1 Å². The Morgan fingerprint density at radius 2 is 2.28 bits per heavy atom. The Morgan fingerprint density at radius 1 is 1.50 bits per heavy atom. The molecule has 0 aliphatic heterocycles. The van der Waals surface area contributed by atoms with Gasteiger partial charge < -0.3 is 15.4 Å². The molecular weight excluding hydrogens is 252 g/mol. The van der Waals surface area contributed by atoms with Crippen LogP contribution in [0.4, 0.5) is 0 Å². The smallest absolute Gasteiger partial charge is 0.221 e. The molecule has 1 amide bonds. The summed E-state index contributed by atoms with van der Waals surface area (Å²) in [6.07, 6.45) is 0.377. The highest BCUT2D eigenvalue weighted by Crippen LogP contribution is 2.18. The summed E-state index contributed by atoms with van der Waals surface area (Å²) in [5.74, 6) is 0.727. The van der Waals surface area contributed by atoms with Gasteiger partial charge in [0.1, 0.15) is 11.9 Å². The normalized spacial score (nSPS) is 11.9. The molecule has 4 nitrogen and oxygen atoms in total. The molecular formula is C13H19ClN2O2. The molecule has 0 bridgehead atoms. The number of rotatable bonds is 7. The van der Waals surface area contributed by atoms with Crippen molar-refractivity contribution >= 4 is 17.5 Å². The zero-order chi connectivity index (χ0) is 13.4. The van der Waals surface area contributed by atoms with Gasteiger partial charge in [0, 0.05) is 18.0 Å². The van der Waals surface area contributed by atoms with Crippen molar-refractivity contribution < 1.29 is 9.53 Å². The van der Waals surface area contributed by atoms with Crippen LogP contribution in [0.3, 0.4) is 0 Å². The monoisotopic (exact) mass is 270 g/mol. The minimum atomic E-state index is -0.0954.